The molecule has 0 saturated heterocycles. The average molecular weight is 407 g/mol. The Morgan fingerprint density at radius 3 is 2.36 bits per heavy atom. The summed E-state index contributed by atoms with van der Waals surface area (Å²) in [6, 6.07) is 8.65. The lowest BCUT2D eigenvalue weighted by molar-refractivity contribution is 0.0474. The molecule has 0 spiro atoms. The Balaban J connectivity index is 2.00. The van der Waals surface area contributed by atoms with E-state index in [1.165, 1.54) is 49.6 Å². The van der Waals surface area contributed by atoms with E-state index in [0.29, 0.717) is 0 Å². The zero-order chi connectivity index (χ0) is 20.7. The smallest absolute Gasteiger partial charge is 0.338 e. The summed E-state index contributed by atoms with van der Waals surface area (Å²) in [4.78, 5) is 24.0. The van der Waals surface area contributed by atoms with Crippen LogP contribution in [0.2, 0.25) is 0 Å². The number of carbonyl (C=O) groups excluding carboxylic acids is 2. The van der Waals surface area contributed by atoms with Crippen molar-refractivity contribution in [1.82, 2.24) is 4.72 Å². The van der Waals surface area contributed by atoms with Crippen molar-refractivity contribution in [3.8, 4) is 5.75 Å². The summed E-state index contributed by atoms with van der Waals surface area (Å²) in [5.74, 6) is -2.12. The minimum atomic E-state index is -3.71. The van der Waals surface area contributed by atoms with Crippen LogP contribution in [0.3, 0.4) is 0 Å². The summed E-state index contributed by atoms with van der Waals surface area (Å²) in [6.07, 6.45) is 1.40. The molecule has 7 nitrogen and oxygen atoms in total. The highest BCUT2D eigenvalue weighted by Crippen LogP contribution is 2.18. The number of ketones is 1. The topological polar surface area (TPSA) is 98.8 Å². The van der Waals surface area contributed by atoms with Gasteiger partial charge in [-0.1, -0.05) is 6.08 Å². The molecule has 2 aromatic rings. The number of esters is 1. The third-order valence-corrected chi connectivity index (χ3v) is 5.07. The van der Waals surface area contributed by atoms with Gasteiger partial charge in [0.05, 0.1) is 17.6 Å². The summed E-state index contributed by atoms with van der Waals surface area (Å²) in [6.45, 7) is 2.90. The van der Waals surface area contributed by atoms with Crippen molar-refractivity contribution in [2.45, 2.75) is 4.90 Å². The second-order valence-corrected chi connectivity index (χ2v) is 7.28. The van der Waals surface area contributed by atoms with E-state index in [9.17, 15) is 22.4 Å². The highest BCUT2D eigenvalue weighted by Gasteiger charge is 2.16. The average Bonchev–Trinajstić information content (AvgIpc) is 2.70. The normalized spacial score (nSPS) is 10.9. The second-order valence-electron chi connectivity index (χ2n) is 5.51. The molecule has 9 heteroatoms. The second kappa shape index (κ2) is 9.25. The fraction of sp³-hybridized carbons (Fsp3) is 0.158. The lowest BCUT2D eigenvalue weighted by Gasteiger charge is -2.07. The fourth-order valence-corrected chi connectivity index (χ4v) is 3.16. The molecule has 148 valence electrons. The van der Waals surface area contributed by atoms with Crippen molar-refractivity contribution in [3.05, 3.63) is 72.1 Å². The first-order chi connectivity index (χ1) is 13.3. The summed E-state index contributed by atoms with van der Waals surface area (Å²) >= 11 is 0. The molecule has 0 radical (unpaired) electrons. The number of carbonyl (C=O) groups is 2. The molecule has 2 rings (SSSR count). The fourth-order valence-electron chi connectivity index (χ4n) is 2.16. The van der Waals surface area contributed by atoms with Gasteiger partial charge in [-0.05, 0) is 42.5 Å². The highest BCUT2D eigenvalue weighted by molar-refractivity contribution is 7.89. The Hall–Kier alpha value is -3.04. The van der Waals surface area contributed by atoms with Gasteiger partial charge in [0.15, 0.2) is 24.0 Å². The van der Waals surface area contributed by atoms with E-state index >= 15 is 0 Å². The monoisotopic (exact) mass is 407 g/mol. The van der Waals surface area contributed by atoms with Crippen LogP contribution < -0.4 is 9.46 Å². The number of sulfonamides is 1. The predicted octanol–water partition coefficient (Wildman–Crippen LogP) is 2.34. The van der Waals surface area contributed by atoms with Gasteiger partial charge in [0.1, 0.15) is 0 Å². The van der Waals surface area contributed by atoms with Crippen LogP contribution in [0, 0.1) is 5.82 Å². The van der Waals surface area contributed by atoms with Crippen LogP contribution in [0.1, 0.15) is 20.7 Å². The van der Waals surface area contributed by atoms with Gasteiger partial charge in [-0.3, -0.25) is 4.79 Å². The molecule has 0 aliphatic carbocycles. The minimum absolute atomic E-state index is 0.00818. The molecular weight excluding hydrogens is 389 g/mol. The number of rotatable bonds is 9. The SMILES string of the molecule is C=CCNS(=O)(=O)c1ccc(C(=O)OCC(=O)c2ccc(OC)c(F)c2)cc1. The van der Waals surface area contributed by atoms with Crippen molar-refractivity contribution in [3.63, 3.8) is 0 Å². The number of nitrogens with one attached hydrogen (secondary N) is 1. The summed E-state index contributed by atoms with van der Waals surface area (Å²) < 4.78 is 49.5. The lowest BCUT2D eigenvalue weighted by atomic mass is 10.1. The molecule has 1 N–H and O–H groups in total. The van der Waals surface area contributed by atoms with Gasteiger partial charge in [-0.2, -0.15) is 0 Å². The molecule has 28 heavy (non-hydrogen) atoms. The van der Waals surface area contributed by atoms with Crippen molar-refractivity contribution >= 4 is 21.8 Å². The van der Waals surface area contributed by atoms with Crippen LogP contribution in [0.5, 0.6) is 5.75 Å². The molecule has 0 fully saturated rings. The van der Waals surface area contributed by atoms with Gasteiger partial charge in [0.2, 0.25) is 10.0 Å². The van der Waals surface area contributed by atoms with Crippen LogP contribution in [0.4, 0.5) is 4.39 Å². The Morgan fingerprint density at radius 2 is 1.79 bits per heavy atom. The highest BCUT2D eigenvalue weighted by atomic mass is 32.2. The van der Waals surface area contributed by atoms with E-state index in [-0.39, 0.29) is 28.3 Å². The molecule has 2 aromatic carbocycles. The maximum Gasteiger partial charge on any atom is 0.338 e. The molecule has 0 saturated carbocycles. The minimum Gasteiger partial charge on any atom is -0.494 e. The van der Waals surface area contributed by atoms with E-state index in [1.54, 1.807) is 0 Å². The number of methoxy groups -OCH3 is 1. The van der Waals surface area contributed by atoms with Crippen LogP contribution >= 0.6 is 0 Å². The lowest BCUT2D eigenvalue weighted by Crippen LogP contribution is -2.23. The van der Waals surface area contributed by atoms with Crippen molar-refractivity contribution in [2.75, 3.05) is 20.3 Å². The van der Waals surface area contributed by atoms with Crippen molar-refractivity contribution in [2.24, 2.45) is 0 Å². The Labute approximate surface area is 161 Å². The van der Waals surface area contributed by atoms with Crippen LogP contribution in [0.15, 0.2) is 60.0 Å². The third kappa shape index (κ3) is 5.24. The van der Waals surface area contributed by atoms with Crippen molar-refractivity contribution < 1.29 is 31.9 Å². The first-order valence-corrected chi connectivity index (χ1v) is 9.51. The first-order valence-electron chi connectivity index (χ1n) is 8.03. The summed E-state index contributed by atoms with van der Waals surface area (Å²) in [5.41, 5.74) is 0.0946. The Morgan fingerprint density at radius 1 is 1.14 bits per heavy atom. The van der Waals surface area contributed by atoms with E-state index in [1.807, 2.05) is 0 Å². The van der Waals surface area contributed by atoms with Crippen LogP contribution in [-0.4, -0.2) is 40.4 Å². The molecular formula is C19H18FNO6S. The number of ether oxygens (including phenoxy) is 2. The van der Waals surface area contributed by atoms with Gasteiger partial charge in [-0.15, -0.1) is 6.58 Å². The van der Waals surface area contributed by atoms with E-state index in [0.717, 1.165) is 6.07 Å². The van der Waals surface area contributed by atoms with Crippen molar-refractivity contribution in [1.29, 1.82) is 0 Å². The van der Waals surface area contributed by atoms with E-state index in [4.69, 9.17) is 9.47 Å². The molecule has 0 heterocycles. The maximum absolute atomic E-state index is 13.6. The number of hydrogen-bond acceptors (Lipinski definition) is 6. The maximum atomic E-state index is 13.6. The number of benzene rings is 2. The molecule has 0 amide bonds. The number of halogens is 1. The Kier molecular flexibility index (Phi) is 7.02. The Bertz CT molecular complexity index is 986. The molecule has 0 aliphatic heterocycles. The van der Waals surface area contributed by atoms with Gasteiger partial charge >= 0.3 is 5.97 Å². The van der Waals surface area contributed by atoms with Gasteiger partial charge in [-0.25, -0.2) is 22.3 Å². The molecule has 0 unspecified atom stereocenters. The predicted molar refractivity (Wildman–Crippen MR) is 99.4 cm³/mol. The van der Waals surface area contributed by atoms with Gasteiger partial charge < -0.3 is 9.47 Å². The number of Topliss-reactive ketones (excluding diaryl/α,β-unsaturated/α-hetero) is 1. The van der Waals surface area contributed by atoms with E-state index in [2.05, 4.69) is 11.3 Å². The quantitative estimate of drug-likeness (QED) is 0.389. The number of hydrogen-bond donors (Lipinski definition) is 1. The largest absolute Gasteiger partial charge is 0.494 e. The molecule has 0 atom stereocenters. The zero-order valence-electron chi connectivity index (χ0n) is 15.0. The van der Waals surface area contributed by atoms with Crippen LogP contribution in [0.25, 0.3) is 0 Å². The standard InChI is InChI=1S/C19H18FNO6S/c1-3-10-21-28(24,25)15-7-4-13(5-8-15)19(23)27-12-17(22)14-6-9-18(26-2)16(20)11-14/h3-9,11,21H,1,10,12H2,2H3. The first kappa shape index (κ1) is 21.3. The third-order valence-electron chi connectivity index (χ3n) is 3.63. The zero-order valence-corrected chi connectivity index (χ0v) is 15.8. The summed E-state index contributed by atoms with van der Waals surface area (Å²) in [5, 5.41) is 0. The molecule has 0 aromatic heterocycles. The molecule has 0 bridgehead atoms. The van der Waals surface area contributed by atoms with Gasteiger partial charge in [0.25, 0.3) is 0 Å². The van der Waals surface area contributed by atoms with E-state index < -0.39 is 34.2 Å². The molecule has 0 aliphatic rings. The van der Waals surface area contributed by atoms with Gasteiger partial charge in [0, 0.05) is 12.1 Å². The summed E-state index contributed by atoms with van der Waals surface area (Å²) in [7, 11) is -2.41. The van der Waals surface area contributed by atoms with Crippen LogP contribution in [-0.2, 0) is 14.8 Å².